The van der Waals surface area contributed by atoms with E-state index in [-0.39, 0.29) is 23.7 Å². The van der Waals surface area contributed by atoms with Crippen LogP contribution in [-0.2, 0) is 20.6 Å². The molecule has 0 amide bonds. The molecule has 2 rings (SSSR count). The summed E-state index contributed by atoms with van der Waals surface area (Å²) >= 11 is 0. The molecule has 0 N–H and O–H groups in total. The van der Waals surface area contributed by atoms with Gasteiger partial charge in [0.25, 0.3) is 5.56 Å². The van der Waals surface area contributed by atoms with Gasteiger partial charge in [0, 0.05) is 19.0 Å². The Hall–Kier alpha value is -2.98. The minimum Gasteiger partial charge on any atom is -0.305 e. The van der Waals surface area contributed by atoms with Crippen molar-refractivity contribution in [2.45, 2.75) is 6.54 Å². The largest absolute Gasteiger partial charge is 0.332 e. The molecule has 9 nitrogen and oxygen atoms in total. The average molecular weight is 259 g/mol. The van der Waals surface area contributed by atoms with Crippen molar-refractivity contribution in [3.05, 3.63) is 31.3 Å². The van der Waals surface area contributed by atoms with Gasteiger partial charge in [-0.1, -0.05) is 5.92 Å². The van der Waals surface area contributed by atoms with E-state index in [1.54, 1.807) is 0 Å². The molecule has 96 valence electrons. The van der Waals surface area contributed by atoms with E-state index in [0.29, 0.717) is 0 Å². The van der Waals surface area contributed by atoms with Crippen LogP contribution < -0.4 is 11.2 Å². The Morgan fingerprint density at radius 1 is 1.42 bits per heavy atom. The summed E-state index contributed by atoms with van der Waals surface area (Å²) in [5.74, 6) is 2.30. The smallest absolute Gasteiger partial charge is 0.305 e. The number of aromatic nitrogens is 4. The predicted octanol–water partition coefficient (Wildman–Crippen LogP) is 0.00870. The van der Waals surface area contributed by atoms with E-state index in [4.69, 9.17) is 12.0 Å². The lowest BCUT2D eigenvalue weighted by Gasteiger charge is -2.04. The van der Waals surface area contributed by atoms with E-state index < -0.39 is 11.2 Å². The first kappa shape index (κ1) is 12.5. The van der Waals surface area contributed by atoms with Gasteiger partial charge < -0.3 is 4.57 Å². The molecule has 0 aliphatic rings. The maximum absolute atomic E-state index is 12.1. The van der Waals surface area contributed by atoms with Crippen LogP contribution in [0.15, 0.2) is 14.7 Å². The third kappa shape index (κ3) is 1.67. The van der Waals surface area contributed by atoms with E-state index >= 15 is 0 Å². The van der Waals surface area contributed by atoms with Crippen molar-refractivity contribution in [2.24, 2.45) is 19.2 Å². The van der Waals surface area contributed by atoms with Crippen LogP contribution in [-0.4, -0.2) is 18.7 Å². The molecule has 0 saturated heterocycles. The van der Waals surface area contributed by atoms with Crippen LogP contribution in [0.5, 0.6) is 0 Å². The van der Waals surface area contributed by atoms with Crippen LogP contribution in [0, 0.1) is 12.3 Å². The molecule has 0 radical (unpaired) electrons. The van der Waals surface area contributed by atoms with Gasteiger partial charge in [-0.05, 0) is 10.6 Å². The molecule has 2 aromatic rings. The predicted molar refractivity (Wildman–Crippen MR) is 67.9 cm³/mol. The van der Waals surface area contributed by atoms with Crippen molar-refractivity contribution in [3.8, 4) is 12.3 Å². The summed E-state index contributed by atoms with van der Waals surface area (Å²) in [5, 5.41) is 3.38. The van der Waals surface area contributed by atoms with Gasteiger partial charge in [-0.3, -0.25) is 13.9 Å². The van der Waals surface area contributed by atoms with Crippen LogP contribution in [0.1, 0.15) is 0 Å². The summed E-state index contributed by atoms with van der Waals surface area (Å²) in [4.78, 5) is 30.5. The number of fused-ring (bicyclic) bond motifs is 1. The molecule has 9 heteroatoms. The lowest BCUT2D eigenvalue weighted by molar-refractivity contribution is 0.704. The van der Waals surface area contributed by atoms with Crippen LogP contribution in [0.3, 0.4) is 0 Å². The molecule has 0 aromatic carbocycles. The van der Waals surface area contributed by atoms with E-state index in [2.05, 4.69) is 20.9 Å². The molecule has 0 saturated carbocycles. The maximum Gasteiger partial charge on any atom is 0.332 e. The van der Waals surface area contributed by atoms with Crippen LogP contribution in [0.4, 0.5) is 5.95 Å². The number of hydrogen-bond donors (Lipinski definition) is 0. The van der Waals surface area contributed by atoms with Crippen LogP contribution in [0.25, 0.3) is 21.6 Å². The minimum atomic E-state index is -0.541. The van der Waals surface area contributed by atoms with Gasteiger partial charge >= 0.3 is 5.69 Å². The van der Waals surface area contributed by atoms with Crippen molar-refractivity contribution >= 4 is 17.1 Å². The first-order chi connectivity index (χ1) is 9.02. The van der Waals surface area contributed by atoms with E-state index in [1.165, 1.54) is 23.2 Å². The Labute approximate surface area is 106 Å². The van der Waals surface area contributed by atoms with Gasteiger partial charge in [-0.15, -0.1) is 6.42 Å². The van der Waals surface area contributed by atoms with Gasteiger partial charge in [0.1, 0.15) is 0 Å². The highest BCUT2D eigenvalue weighted by molar-refractivity contribution is 5.73. The van der Waals surface area contributed by atoms with Gasteiger partial charge in [-0.2, -0.15) is 0 Å². The number of terminal acetylenes is 1. The molecular weight excluding hydrogens is 250 g/mol. The third-order valence-electron chi connectivity index (χ3n) is 2.71. The van der Waals surface area contributed by atoms with Gasteiger partial charge in [0.2, 0.25) is 0 Å². The number of rotatable bonds is 2. The quantitative estimate of drug-likeness (QED) is 0.327. The molecule has 0 atom stereocenters. The van der Waals surface area contributed by atoms with E-state index in [9.17, 15) is 9.59 Å². The molecule has 0 aliphatic heterocycles. The first-order valence-electron chi connectivity index (χ1n) is 5.17. The first-order valence-corrected chi connectivity index (χ1v) is 5.17. The number of hydrogen-bond acceptors (Lipinski definition) is 4. The zero-order valence-corrected chi connectivity index (χ0v) is 10.2. The second kappa shape index (κ2) is 4.36. The summed E-state index contributed by atoms with van der Waals surface area (Å²) in [5.41, 5.74) is 7.69. The molecule has 19 heavy (non-hydrogen) atoms. The highest BCUT2D eigenvalue weighted by Gasteiger charge is 2.17. The molecule has 0 bridgehead atoms. The normalized spacial score (nSPS) is 10.2. The van der Waals surface area contributed by atoms with Crippen molar-refractivity contribution in [1.29, 1.82) is 0 Å². The Balaban J connectivity index is 3.10. The zero-order chi connectivity index (χ0) is 14.2. The van der Waals surface area contributed by atoms with Gasteiger partial charge in [-0.25, -0.2) is 9.78 Å². The highest BCUT2D eigenvalue weighted by Crippen LogP contribution is 2.17. The van der Waals surface area contributed by atoms with Crippen LogP contribution >= 0.6 is 0 Å². The Morgan fingerprint density at radius 3 is 2.68 bits per heavy atom. The second-order valence-electron chi connectivity index (χ2n) is 3.77. The van der Waals surface area contributed by atoms with Crippen molar-refractivity contribution in [1.82, 2.24) is 18.7 Å². The molecule has 0 spiro atoms. The summed E-state index contributed by atoms with van der Waals surface area (Å²) < 4.78 is 3.44. The fourth-order valence-electron chi connectivity index (χ4n) is 1.79. The second-order valence-corrected chi connectivity index (χ2v) is 3.77. The van der Waals surface area contributed by atoms with Gasteiger partial charge in [0.05, 0.1) is 6.54 Å². The number of aryl methyl sites for hydroxylation is 1. The number of azide groups is 1. The topological polar surface area (TPSA) is 111 Å². The Bertz CT molecular complexity index is 870. The SMILES string of the molecule is C#CCn1c(N=[N+]=[N-])nc2c1c(=O)n(C)c(=O)n2C. The average Bonchev–Trinajstić information content (AvgIpc) is 2.74. The summed E-state index contributed by atoms with van der Waals surface area (Å²) in [6, 6.07) is 0. The third-order valence-corrected chi connectivity index (χ3v) is 2.71. The summed E-state index contributed by atoms with van der Waals surface area (Å²) in [7, 11) is 2.82. The van der Waals surface area contributed by atoms with Crippen LogP contribution in [0.2, 0.25) is 0 Å². The fourth-order valence-corrected chi connectivity index (χ4v) is 1.79. The number of nitrogens with zero attached hydrogens (tertiary/aromatic N) is 7. The molecule has 0 fully saturated rings. The fraction of sp³-hybridized carbons (Fsp3) is 0.300. The lowest BCUT2D eigenvalue weighted by Crippen LogP contribution is -2.37. The van der Waals surface area contributed by atoms with Crippen molar-refractivity contribution in [2.75, 3.05) is 0 Å². The summed E-state index contributed by atoms with van der Waals surface area (Å²) in [6.07, 6.45) is 5.22. The molecular formula is C10H9N7O2. The Kier molecular flexibility index (Phi) is 2.86. The number of imidazole rings is 1. The molecule has 0 unspecified atom stereocenters. The lowest BCUT2D eigenvalue weighted by atomic mass is 10.5. The molecule has 0 aliphatic carbocycles. The minimum absolute atomic E-state index is 0.0122. The maximum atomic E-state index is 12.1. The summed E-state index contributed by atoms with van der Waals surface area (Å²) in [6.45, 7) is 0.0122. The zero-order valence-electron chi connectivity index (χ0n) is 10.2. The van der Waals surface area contributed by atoms with Crippen molar-refractivity contribution < 1.29 is 0 Å². The van der Waals surface area contributed by atoms with Gasteiger partial charge in [0.15, 0.2) is 17.1 Å². The Morgan fingerprint density at radius 2 is 2.11 bits per heavy atom. The van der Waals surface area contributed by atoms with Crippen molar-refractivity contribution in [3.63, 3.8) is 0 Å². The molecule has 2 heterocycles. The van der Waals surface area contributed by atoms with E-state index in [0.717, 1.165) is 4.57 Å². The molecule has 2 aromatic heterocycles. The highest BCUT2D eigenvalue weighted by atomic mass is 16.2. The van der Waals surface area contributed by atoms with E-state index in [1.807, 2.05) is 0 Å². The monoisotopic (exact) mass is 259 g/mol. The standard InChI is InChI=1S/C10H9N7O2/c1-4-5-17-6-7(12-9(17)13-14-11)15(2)10(19)16(3)8(6)18/h1H,5H2,2-3H3.